The second-order valence-corrected chi connectivity index (χ2v) is 8.30. The van der Waals surface area contributed by atoms with E-state index in [1.807, 2.05) is 0 Å². The van der Waals surface area contributed by atoms with E-state index in [0.29, 0.717) is 0 Å². The number of rotatable bonds is 3. The third-order valence-electron chi connectivity index (χ3n) is 6.37. The van der Waals surface area contributed by atoms with Crippen LogP contribution in [0.4, 0.5) is 0 Å². The molecule has 3 heteroatoms. The molecule has 0 bridgehead atoms. The molecule has 0 atom stereocenters. The molecule has 1 aliphatic rings. The number of halogens is 2. The third-order valence-corrected chi connectivity index (χ3v) is 6.37. The SMILES string of the molecule is [Cl-].[Cl-].[Zr+3].c1ccc2cc(-c3cccc4[cH-]c(CC5CCCCCC5)cc34)ccc2c1. The first-order valence-corrected chi connectivity index (χ1v) is 10.5. The van der Waals surface area contributed by atoms with Gasteiger partial charge in [-0.2, -0.15) is 6.07 Å². The monoisotopic (exact) mass is 511 g/mol. The molecule has 1 radical (unpaired) electrons. The summed E-state index contributed by atoms with van der Waals surface area (Å²) in [5.41, 5.74) is 4.22. The second kappa shape index (κ2) is 11.6. The molecular formula is C27H27Cl2Zr. The molecule has 153 valence electrons. The van der Waals surface area contributed by atoms with Crippen LogP contribution < -0.4 is 24.8 Å². The summed E-state index contributed by atoms with van der Waals surface area (Å²) in [6, 6.07) is 27.2. The molecule has 0 nitrogen and oxygen atoms in total. The average molecular weight is 514 g/mol. The molecule has 1 saturated carbocycles. The minimum Gasteiger partial charge on any atom is -1.00 e. The van der Waals surface area contributed by atoms with Crippen LogP contribution in [0.5, 0.6) is 0 Å². The van der Waals surface area contributed by atoms with Crippen molar-refractivity contribution in [1.29, 1.82) is 0 Å². The summed E-state index contributed by atoms with van der Waals surface area (Å²) in [6.45, 7) is 0. The molecule has 0 aliphatic heterocycles. The van der Waals surface area contributed by atoms with E-state index in [-0.39, 0.29) is 51.0 Å². The van der Waals surface area contributed by atoms with Gasteiger partial charge < -0.3 is 24.8 Å². The molecule has 0 aromatic heterocycles. The molecule has 0 N–H and O–H groups in total. The van der Waals surface area contributed by atoms with E-state index in [1.165, 1.54) is 83.2 Å². The Kier molecular flexibility index (Phi) is 9.74. The minimum atomic E-state index is 0. The molecule has 0 amide bonds. The molecule has 0 spiro atoms. The Morgan fingerprint density at radius 2 is 1.47 bits per heavy atom. The number of benzene rings is 3. The molecule has 4 aromatic rings. The maximum atomic E-state index is 2.46. The van der Waals surface area contributed by atoms with Gasteiger partial charge in [0.25, 0.3) is 0 Å². The fourth-order valence-electron chi connectivity index (χ4n) is 4.92. The standard InChI is InChI=1S/C27H27.2ClH.Zr/c1-2-4-9-20(8-3-1)16-21-17-24-12-7-13-26(27(24)18-21)25-15-14-22-10-5-6-11-23(22)19-25;;;/h5-7,10-15,17-20H,1-4,8-9,16H2;2*1H;/q-1;;;+3/p-2. The van der Waals surface area contributed by atoms with Crippen molar-refractivity contribution in [1.82, 2.24) is 0 Å². The van der Waals surface area contributed by atoms with Crippen LogP contribution in [0.3, 0.4) is 0 Å². The smallest absolute Gasteiger partial charge is 1.00 e. The fourth-order valence-corrected chi connectivity index (χ4v) is 4.92. The van der Waals surface area contributed by atoms with Gasteiger partial charge in [0.05, 0.1) is 0 Å². The summed E-state index contributed by atoms with van der Waals surface area (Å²) in [7, 11) is 0. The summed E-state index contributed by atoms with van der Waals surface area (Å²) < 4.78 is 0. The minimum absolute atomic E-state index is 0. The molecule has 0 unspecified atom stereocenters. The van der Waals surface area contributed by atoms with Crippen LogP contribution in [0.15, 0.2) is 72.8 Å². The van der Waals surface area contributed by atoms with Crippen molar-refractivity contribution >= 4 is 21.5 Å². The van der Waals surface area contributed by atoms with Crippen molar-refractivity contribution in [3.05, 3.63) is 78.4 Å². The Morgan fingerprint density at radius 3 is 2.23 bits per heavy atom. The van der Waals surface area contributed by atoms with E-state index >= 15 is 0 Å². The first kappa shape index (κ1) is 25.3. The van der Waals surface area contributed by atoms with Gasteiger partial charge in [0.15, 0.2) is 0 Å². The Balaban J connectivity index is 0.00000107. The Bertz CT molecular complexity index is 1070. The molecular weight excluding hydrogens is 486 g/mol. The average Bonchev–Trinajstić information content (AvgIpc) is 2.94. The van der Waals surface area contributed by atoms with Crippen LogP contribution in [0.2, 0.25) is 0 Å². The molecule has 4 aromatic carbocycles. The van der Waals surface area contributed by atoms with Crippen molar-refractivity contribution in [3.63, 3.8) is 0 Å². The zero-order valence-corrected chi connectivity index (χ0v) is 21.2. The van der Waals surface area contributed by atoms with Crippen molar-refractivity contribution in [2.45, 2.75) is 44.9 Å². The van der Waals surface area contributed by atoms with Gasteiger partial charge in [-0.1, -0.05) is 86.6 Å². The quantitative estimate of drug-likeness (QED) is 0.290. The number of hydrogen-bond acceptors (Lipinski definition) is 0. The maximum absolute atomic E-state index is 2.46. The molecule has 30 heavy (non-hydrogen) atoms. The first-order chi connectivity index (χ1) is 13.4. The van der Waals surface area contributed by atoms with Crippen LogP contribution in [0.25, 0.3) is 32.7 Å². The van der Waals surface area contributed by atoms with Crippen molar-refractivity contribution in [3.8, 4) is 11.1 Å². The van der Waals surface area contributed by atoms with E-state index in [0.717, 1.165) is 5.92 Å². The van der Waals surface area contributed by atoms with Gasteiger partial charge in [-0.3, -0.25) is 0 Å². The predicted molar refractivity (Wildman–Crippen MR) is 117 cm³/mol. The third kappa shape index (κ3) is 5.42. The van der Waals surface area contributed by atoms with E-state index in [4.69, 9.17) is 0 Å². The first-order valence-electron chi connectivity index (χ1n) is 10.5. The summed E-state index contributed by atoms with van der Waals surface area (Å²) in [6.07, 6.45) is 9.81. The summed E-state index contributed by atoms with van der Waals surface area (Å²) in [4.78, 5) is 0. The zero-order valence-electron chi connectivity index (χ0n) is 17.2. The van der Waals surface area contributed by atoms with Gasteiger partial charge in [-0.05, 0) is 34.7 Å². The second-order valence-electron chi connectivity index (χ2n) is 8.30. The van der Waals surface area contributed by atoms with E-state index in [9.17, 15) is 0 Å². The summed E-state index contributed by atoms with van der Waals surface area (Å²) in [5, 5.41) is 5.43. The largest absolute Gasteiger partial charge is 3.00 e. The Hall–Kier alpha value is -1.01. The summed E-state index contributed by atoms with van der Waals surface area (Å²) >= 11 is 0. The van der Waals surface area contributed by atoms with Gasteiger partial charge in [0, 0.05) is 0 Å². The summed E-state index contributed by atoms with van der Waals surface area (Å²) in [5.74, 6) is 0.883. The van der Waals surface area contributed by atoms with E-state index in [2.05, 4.69) is 72.8 Å². The van der Waals surface area contributed by atoms with Crippen LogP contribution in [0.1, 0.15) is 44.1 Å². The Morgan fingerprint density at radius 1 is 0.733 bits per heavy atom. The van der Waals surface area contributed by atoms with E-state index < -0.39 is 0 Å². The van der Waals surface area contributed by atoms with Gasteiger partial charge in [0.2, 0.25) is 0 Å². The van der Waals surface area contributed by atoms with Crippen LogP contribution >= 0.6 is 0 Å². The molecule has 5 rings (SSSR count). The topological polar surface area (TPSA) is 0 Å². The normalized spacial score (nSPS) is 14.4. The number of hydrogen-bond donors (Lipinski definition) is 0. The van der Waals surface area contributed by atoms with Gasteiger partial charge in [-0.15, -0.1) is 34.5 Å². The number of fused-ring (bicyclic) bond motifs is 2. The van der Waals surface area contributed by atoms with E-state index in [1.54, 1.807) is 0 Å². The zero-order chi connectivity index (χ0) is 18.1. The van der Waals surface area contributed by atoms with Crippen LogP contribution in [0, 0.1) is 5.92 Å². The van der Waals surface area contributed by atoms with Gasteiger partial charge in [-0.25, -0.2) is 0 Å². The van der Waals surface area contributed by atoms with Gasteiger partial charge >= 0.3 is 26.2 Å². The molecule has 0 saturated heterocycles. The molecule has 1 fully saturated rings. The Labute approximate surface area is 211 Å². The van der Waals surface area contributed by atoms with Crippen LogP contribution in [-0.4, -0.2) is 0 Å². The van der Waals surface area contributed by atoms with Crippen molar-refractivity contribution in [2.75, 3.05) is 0 Å². The molecule has 0 heterocycles. The fraction of sp³-hybridized carbons (Fsp3) is 0.296. The molecule has 1 aliphatic carbocycles. The van der Waals surface area contributed by atoms with Gasteiger partial charge in [0.1, 0.15) is 0 Å². The van der Waals surface area contributed by atoms with Crippen molar-refractivity contribution < 1.29 is 51.0 Å². The van der Waals surface area contributed by atoms with Crippen LogP contribution in [-0.2, 0) is 32.6 Å². The maximum Gasteiger partial charge on any atom is 3.00 e. The van der Waals surface area contributed by atoms with Crippen molar-refractivity contribution in [2.24, 2.45) is 5.92 Å². The predicted octanol–water partition coefficient (Wildman–Crippen LogP) is 1.90.